The van der Waals surface area contributed by atoms with Gasteiger partial charge in [-0.25, -0.2) is 9.37 Å². The third kappa shape index (κ3) is 5.40. The van der Waals surface area contributed by atoms with Gasteiger partial charge in [0.05, 0.1) is 22.0 Å². The lowest BCUT2D eigenvalue weighted by atomic mass is 10.0. The zero-order chi connectivity index (χ0) is 25.8. The number of carbonyl (C=O) groups excluding carboxylic acids is 1. The van der Waals surface area contributed by atoms with E-state index in [0.717, 1.165) is 27.7 Å². The van der Waals surface area contributed by atoms with E-state index in [9.17, 15) is 9.18 Å². The Kier molecular flexibility index (Phi) is 7.30. The zero-order valence-electron chi connectivity index (χ0n) is 19.6. The van der Waals surface area contributed by atoms with Gasteiger partial charge in [-0.3, -0.25) is 9.36 Å². The molecule has 184 valence electrons. The Bertz CT molecular complexity index is 1610. The summed E-state index contributed by atoms with van der Waals surface area (Å²) in [5.74, 6) is -0.0819. The van der Waals surface area contributed by atoms with Gasteiger partial charge in [-0.15, -0.1) is 16.8 Å². The van der Waals surface area contributed by atoms with Crippen molar-refractivity contribution in [3.8, 4) is 22.6 Å². The molecule has 0 atom stereocenters. The number of allylic oxidation sites excluding steroid dienone is 1. The number of hydrogen-bond donors (Lipinski definition) is 1. The fraction of sp³-hybridized carbons (Fsp3) is 0.0714. The van der Waals surface area contributed by atoms with Gasteiger partial charge >= 0.3 is 0 Å². The van der Waals surface area contributed by atoms with Crippen molar-refractivity contribution in [1.82, 2.24) is 19.7 Å². The van der Waals surface area contributed by atoms with E-state index in [4.69, 9.17) is 16.6 Å². The number of hydrogen-bond acceptors (Lipinski definition) is 5. The van der Waals surface area contributed by atoms with Crippen molar-refractivity contribution in [2.75, 3.05) is 11.1 Å². The topological polar surface area (TPSA) is 72.7 Å². The Balaban J connectivity index is 1.46. The number of pyridine rings is 1. The number of nitrogens with zero attached hydrogens (tertiary/aromatic N) is 4. The van der Waals surface area contributed by atoms with Crippen LogP contribution in [0.15, 0.2) is 96.7 Å². The minimum absolute atomic E-state index is 0.0553. The molecule has 1 amide bonds. The summed E-state index contributed by atoms with van der Waals surface area (Å²) >= 11 is 7.06. The van der Waals surface area contributed by atoms with E-state index in [1.165, 1.54) is 30.0 Å². The van der Waals surface area contributed by atoms with Gasteiger partial charge in [0.15, 0.2) is 11.0 Å². The molecule has 5 rings (SSSR count). The highest BCUT2D eigenvalue weighted by Crippen LogP contribution is 2.33. The SMILES string of the molecule is C=CCn1c(SCC(=O)Nc2ccc(F)c(Cl)c2)nnc1-c1cc(-c2ccccc2)nc2ccccc12. The molecule has 6 nitrogen and oxygen atoms in total. The molecule has 2 heterocycles. The first-order valence-electron chi connectivity index (χ1n) is 11.4. The van der Waals surface area contributed by atoms with Gasteiger partial charge in [0.2, 0.25) is 5.91 Å². The minimum Gasteiger partial charge on any atom is -0.325 e. The summed E-state index contributed by atoms with van der Waals surface area (Å²) in [6, 6.07) is 23.9. The number of rotatable bonds is 8. The molecule has 0 saturated carbocycles. The number of para-hydroxylation sites is 1. The number of anilines is 1. The molecule has 0 spiro atoms. The molecule has 0 fully saturated rings. The second-order valence-electron chi connectivity index (χ2n) is 8.11. The highest BCUT2D eigenvalue weighted by atomic mass is 35.5. The number of fused-ring (bicyclic) bond motifs is 1. The molecule has 37 heavy (non-hydrogen) atoms. The summed E-state index contributed by atoms with van der Waals surface area (Å²) in [4.78, 5) is 17.4. The summed E-state index contributed by atoms with van der Waals surface area (Å²) < 4.78 is 15.3. The molecule has 9 heteroatoms. The molecule has 2 aromatic heterocycles. The predicted octanol–water partition coefficient (Wildman–Crippen LogP) is 6.87. The van der Waals surface area contributed by atoms with Crippen molar-refractivity contribution in [3.63, 3.8) is 0 Å². The van der Waals surface area contributed by atoms with Gasteiger partial charge in [0.25, 0.3) is 0 Å². The highest BCUT2D eigenvalue weighted by Gasteiger charge is 2.19. The molecule has 0 aliphatic carbocycles. The molecule has 3 aromatic carbocycles. The number of thioether (sulfide) groups is 1. The van der Waals surface area contributed by atoms with Crippen LogP contribution in [0.5, 0.6) is 0 Å². The predicted molar refractivity (Wildman–Crippen MR) is 147 cm³/mol. The van der Waals surface area contributed by atoms with E-state index in [2.05, 4.69) is 22.1 Å². The van der Waals surface area contributed by atoms with Gasteiger partial charge in [-0.2, -0.15) is 0 Å². The van der Waals surface area contributed by atoms with Crippen LogP contribution in [-0.4, -0.2) is 31.4 Å². The Morgan fingerprint density at radius 1 is 1.05 bits per heavy atom. The number of halogens is 2. The third-order valence-corrected chi connectivity index (χ3v) is 6.85. The third-order valence-electron chi connectivity index (χ3n) is 5.59. The van der Waals surface area contributed by atoms with Gasteiger partial charge < -0.3 is 5.32 Å². The van der Waals surface area contributed by atoms with Crippen LogP contribution in [0.3, 0.4) is 0 Å². The van der Waals surface area contributed by atoms with Gasteiger partial charge in [0, 0.05) is 28.7 Å². The smallest absolute Gasteiger partial charge is 0.234 e. The van der Waals surface area contributed by atoms with Crippen LogP contribution in [0.25, 0.3) is 33.5 Å². The summed E-state index contributed by atoms with van der Waals surface area (Å²) in [5.41, 5.74) is 3.97. The molecule has 0 aliphatic heterocycles. The fourth-order valence-corrected chi connectivity index (χ4v) is 4.83. The van der Waals surface area contributed by atoms with Crippen LogP contribution in [0.4, 0.5) is 10.1 Å². The number of amides is 1. The maximum absolute atomic E-state index is 13.4. The largest absolute Gasteiger partial charge is 0.325 e. The zero-order valence-corrected chi connectivity index (χ0v) is 21.1. The first kappa shape index (κ1) is 24.7. The quantitative estimate of drug-likeness (QED) is 0.175. The van der Waals surface area contributed by atoms with E-state index < -0.39 is 5.82 Å². The van der Waals surface area contributed by atoms with Crippen LogP contribution in [0.2, 0.25) is 5.02 Å². The van der Waals surface area contributed by atoms with Crippen LogP contribution in [-0.2, 0) is 11.3 Å². The lowest BCUT2D eigenvalue weighted by Gasteiger charge is -2.12. The van der Waals surface area contributed by atoms with E-state index in [1.807, 2.05) is 65.2 Å². The molecule has 0 unspecified atom stereocenters. The van der Waals surface area contributed by atoms with Crippen molar-refractivity contribution < 1.29 is 9.18 Å². The Labute approximate surface area is 222 Å². The maximum Gasteiger partial charge on any atom is 0.234 e. The summed E-state index contributed by atoms with van der Waals surface area (Å²) in [6.45, 7) is 4.34. The average molecular weight is 530 g/mol. The van der Waals surface area contributed by atoms with Crippen molar-refractivity contribution in [2.45, 2.75) is 11.7 Å². The summed E-state index contributed by atoms with van der Waals surface area (Å²) in [7, 11) is 0. The number of benzene rings is 3. The van der Waals surface area contributed by atoms with Crippen molar-refractivity contribution >= 4 is 45.9 Å². The van der Waals surface area contributed by atoms with Gasteiger partial charge in [-0.05, 0) is 30.3 Å². The molecule has 0 saturated heterocycles. The second kappa shape index (κ2) is 10.9. The molecular formula is C28H21ClFN5OS. The van der Waals surface area contributed by atoms with Gasteiger partial charge in [0.1, 0.15) is 5.82 Å². The van der Waals surface area contributed by atoms with Crippen LogP contribution >= 0.6 is 23.4 Å². The molecular weight excluding hydrogens is 509 g/mol. The monoisotopic (exact) mass is 529 g/mol. The molecule has 5 aromatic rings. The average Bonchev–Trinajstić information content (AvgIpc) is 3.32. The van der Waals surface area contributed by atoms with Crippen molar-refractivity contribution in [2.24, 2.45) is 0 Å². The second-order valence-corrected chi connectivity index (χ2v) is 9.46. The van der Waals surface area contributed by atoms with Gasteiger partial charge in [-0.1, -0.05) is 78.0 Å². The van der Waals surface area contributed by atoms with Crippen LogP contribution in [0, 0.1) is 5.82 Å². The highest BCUT2D eigenvalue weighted by molar-refractivity contribution is 7.99. The van der Waals surface area contributed by atoms with Crippen molar-refractivity contribution in [3.05, 3.63) is 102 Å². The normalized spacial score (nSPS) is 11.0. The number of nitrogens with one attached hydrogen (secondary N) is 1. The van der Waals surface area contributed by atoms with Crippen molar-refractivity contribution in [1.29, 1.82) is 0 Å². The standard InChI is InChI=1S/C28H21ClFN5OS/c1-2-14-35-27(33-34-28(35)37-17-26(36)31-19-12-13-23(30)22(29)15-19)21-16-25(18-8-4-3-5-9-18)32-24-11-7-6-10-20(21)24/h2-13,15-16H,1,14,17H2,(H,31,36). The van der Waals surface area contributed by atoms with E-state index in [0.29, 0.717) is 23.2 Å². The number of aromatic nitrogens is 4. The molecule has 1 N–H and O–H groups in total. The Hall–Kier alpha value is -4.01. The lowest BCUT2D eigenvalue weighted by Crippen LogP contribution is -2.14. The van der Waals surface area contributed by atoms with Crippen LogP contribution in [0.1, 0.15) is 0 Å². The van der Waals surface area contributed by atoms with E-state index in [1.54, 1.807) is 6.08 Å². The van der Waals surface area contributed by atoms with E-state index in [-0.39, 0.29) is 16.7 Å². The summed E-state index contributed by atoms with van der Waals surface area (Å²) in [5, 5.41) is 13.1. The first-order valence-corrected chi connectivity index (χ1v) is 12.8. The maximum atomic E-state index is 13.4. The minimum atomic E-state index is -0.543. The summed E-state index contributed by atoms with van der Waals surface area (Å²) in [6.07, 6.45) is 1.76. The Morgan fingerprint density at radius 3 is 2.62 bits per heavy atom. The molecule has 0 bridgehead atoms. The van der Waals surface area contributed by atoms with Crippen LogP contribution < -0.4 is 5.32 Å². The fourth-order valence-electron chi connectivity index (χ4n) is 3.91. The Morgan fingerprint density at radius 2 is 1.84 bits per heavy atom. The first-order chi connectivity index (χ1) is 18.0. The number of carbonyl (C=O) groups is 1. The molecule has 0 aliphatic rings. The molecule has 0 radical (unpaired) electrons. The van der Waals surface area contributed by atoms with E-state index >= 15 is 0 Å². The lowest BCUT2D eigenvalue weighted by molar-refractivity contribution is -0.113.